The molecule has 0 radical (unpaired) electrons. The summed E-state index contributed by atoms with van der Waals surface area (Å²) in [5, 5.41) is 0. The SMILES string of the molecule is Cc1c(C(c2ccccc2)c2ccccc2)cc(N)cc1C(c1ccccc1)c1ccccc1. The molecule has 0 atom stereocenters. The molecule has 0 aliphatic heterocycles. The Balaban J connectivity index is 1.75. The predicted molar refractivity (Wildman–Crippen MR) is 143 cm³/mol. The summed E-state index contributed by atoms with van der Waals surface area (Å²) >= 11 is 0. The first-order chi connectivity index (χ1) is 16.7. The van der Waals surface area contributed by atoms with Crippen molar-refractivity contribution in [2.24, 2.45) is 0 Å². The van der Waals surface area contributed by atoms with Crippen molar-refractivity contribution in [3.05, 3.63) is 172 Å². The van der Waals surface area contributed by atoms with Crippen LogP contribution < -0.4 is 5.73 Å². The fraction of sp³-hybridized carbons (Fsp3) is 0.0909. The summed E-state index contributed by atoms with van der Waals surface area (Å²) in [6.45, 7) is 2.25. The van der Waals surface area contributed by atoms with E-state index in [1.54, 1.807) is 0 Å². The Hall–Kier alpha value is -4.10. The van der Waals surface area contributed by atoms with Crippen molar-refractivity contribution in [1.29, 1.82) is 0 Å². The van der Waals surface area contributed by atoms with Gasteiger partial charge in [0.2, 0.25) is 0 Å². The second-order valence-electron chi connectivity index (χ2n) is 8.83. The van der Waals surface area contributed by atoms with Gasteiger partial charge in [-0.1, -0.05) is 121 Å². The third-order valence-corrected chi connectivity index (χ3v) is 6.66. The average Bonchev–Trinajstić information content (AvgIpc) is 2.89. The standard InChI is InChI=1S/C33H29N/c1-24-30(32(25-14-6-2-7-15-25)26-16-8-3-9-17-26)22-29(34)23-31(24)33(27-18-10-4-11-19-27)28-20-12-5-13-21-28/h2-23,32-33H,34H2,1H3. The molecule has 166 valence electrons. The number of nitrogens with two attached hydrogens (primary N) is 1. The normalized spacial score (nSPS) is 11.1. The van der Waals surface area contributed by atoms with Crippen molar-refractivity contribution in [2.75, 3.05) is 5.73 Å². The minimum atomic E-state index is 0.108. The van der Waals surface area contributed by atoms with E-state index in [0.29, 0.717) is 0 Å². The van der Waals surface area contributed by atoms with E-state index >= 15 is 0 Å². The van der Waals surface area contributed by atoms with E-state index in [0.717, 1.165) is 5.69 Å². The molecule has 0 saturated heterocycles. The van der Waals surface area contributed by atoms with Crippen molar-refractivity contribution < 1.29 is 0 Å². The van der Waals surface area contributed by atoms with Crippen LogP contribution in [0.1, 0.15) is 50.8 Å². The van der Waals surface area contributed by atoms with E-state index in [4.69, 9.17) is 5.73 Å². The molecule has 1 nitrogen and oxygen atoms in total. The summed E-state index contributed by atoms with van der Waals surface area (Å²) in [5.74, 6) is 0.216. The van der Waals surface area contributed by atoms with Gasteiger partial charge in [-0.05, 0) is 58.0 Å². The van der Waals surface area contributed by atoms with Crippen LogP contribution in [0.5, 0.6) is 0 Å². The van der Waals surface area contributed by atoms with Crippen molar-refractivity contribution in [3.63, 3.8) is 0 Å². The van der Waals surface area contributed by atoms with Gasteiger partial charge in [0.1, 0.15) is 0 Å². The first-order valence-corrected chi connectivity index (χ1v) is 11.8. The van der Waals surface area contributed by atoms with E-state index in [1.807, 2.05) is 0 Å². The van der Waals surface area contributed by atoms with Gasteiger partial charge in [0.25, 0.3) is 0 Å². The molecule has 2 N–H and O–H groups in total. The van der Waals surface area contributed by atoms with Crippen LogP contribution in [-0.2, 0) is 0 Å². The molecule has 0 unspecified atom stereocenters. The highest BCUT2D eigenvalue weighted by atomic mass is 14.5. The van der Waals surface area contributed by atoms with Crippen LogP contribution in [-0.4, -0.2) is 0 Å². The third-order valence-electron chi connectivity index (χ3n) is 6.66. The van der Waals surface area contributed by atoms with E-state index in [1.165, 1.54) is 38.9 Å². The summed E-state index contributed by atoms with van der Waals surface area (Å²) in [6.07, 6.45) is 0. The van der Waals surface area contributed by atoms with Crippen LogP contribution in [0.3, 0.4) is 0 Å². The molecule has 0 aromatic heterocycles. The molecule has 0 aliphatic carbocycles. The van der Waals surface area contributed by atoms with Crippen LogP contribution in [0.15, 0.2) is 133 Å². The maximum absolute atomic E-state index is 6.62. The quantitative estimate of drug-likeness (QED) is 0.211. The monoisotopic (exact) mass is 439 g/mol. The zero-order valence-corrected chi connectivity index (χ0v) is 19.4. The molecular weight excluding hydrogens is 410 g/mol. The zero-order chi connectivity index (χ0) is 23.3. The van der Waals surface area contributed by atoms with Gasteiger partial charge in [0, 0.05) is 17.5 Å². The summed E-state index contributed by atoms with van der Waals surface area (Å²) in [6, 6.07) is 47.3. The largest absolute Gasteiger partial charge is 0.399 e. The summed E-state index contributed by atoms with van der Waals surface area (Å²) in [5.41, 5.74) is 16.3. The van der Waals surface area contributed by atoms with Crippen LogP contribution in [0.2, 0.25) is 0 Å². The molecule has 34 heavy (non-hydrogen) atoms. The highest BCUT2D eigenvalue weighted by Crippen LogP contribution is 2.41. The molecule has 1 heteroatoms. The fourth-order valence-electron chi connectivity index (χ4n) is 5.07. The van der Waals surface area contributed by atoms with Gasteiger partial charge in [-0.3, -0.25) is 0 Å². The number of anilines is 1. The van der Waals surface area contributed by atoms with E-state index in [2.05, 4.69) is 140 Å². The minimum absolute atomic E-state index is 0.108. The van der Waals surface area contributed by atoms with Gasteiger partial charge >= 0.3 is 0 Å². The molecule has 0 bridgehead atoms. The Bertz CT molecular complexity index is 1160. The molecule has 5 rings (SSSR count). The first-order valence-electron chi connectivity index (χ1n) is 11.8. The fourth-order valence-corrected chi connectivity index (χ4v) is 5.07. The number of hydrogen-bond donors (Lipinski definition) is 1. The van der Waals surface area contributed by atoms with Crippen molar-refractivity contribution in [1.82, 2.24) is 0 Å². The van der Waals surface area contributed by atoms with Crippen molar-refractivity contribution in [2.45, 2.75) is 18.8 Å². The van der Waals surface area contributed by atoms with Crippen molar-refractivity contribution >= 4 is 5.69 Å². The topological polar surface area (TPSA) is 26.0 Å². The van der Waals surface area contributed by atoms with Gasteiger partial charge < -0.3 is 5.73 Å². The highest BCUT2D eigenvalue weighted by Gasteiger charge is 2.25. The van der Waals surface area contributed by atoms with E-state index in [-0.39, 0.29) is 11.8 Å². The lowest BCUT2D eigenvalue weighted by molar-refractivity contribution is 0.918. The van der Waals surface area contributed by atoms with Crippen LogP contribution >= 0.6 is 0 Å². The zero-order valence-electron chi connectivity index (χ0n) is 19.4. The number of benzene rings is 5. The van der Waals surface area contributed by atoms with Crippen molar-refractivity contribution in [3.8, 4) is 0 Å². The lowest BCUT2D eigenvalue weighted by Gasteiger charge is -2.27. The van der Waals surface area contributed by atoms with E-state index < -0.39 is 0 Å². The highest BCUT2D eigenvalue weighted by molar-refractivity contribution is 5.59. The number of hydrogen-bond acceptors (Lipinski definition) is 1. The molecule has 0 spiro atoms. The lowest BCUT2D eigenvalue weighted by atomic mass is 9.77. The molecule has 0 fully saturated rings. The molecule has 0 heterocycles. The Kier molecular flexibility index (Phi) is 6.27. The Morgan fingerprint density at radius 3 is 0.971 bits per heavy atom. The Morgan fingerprint density at radius 2 is 0.706 bits per heavy atom. The smallest absolute Gasteiger partial charge is 0.0343 e. The summed E-state index contributed by atoms with van der Waals surface area (Å²) in [7, 11) is 0. The third kappa shape index (κ3) is 4.38. The summed E-state index contributed by atoms with van der Waals surface area (Å²) in [4.78, 5) is 0. The van der Waals surface area contributed by atoms with Crippen LogP contribution in [0.4, 0.5) is 5.69 Å². The van der Waals surface area contributed by atoms with Gasteiger partial charge in [-0.25, -0.2) is 0 Å². The number of nitrogen functional groups attached to an aromatic ring is 1. The van der Waals surface area contributed by atoms with Gasteiger partial charge in [-0.15, -0.1) is 0 Å². The molecule has 0 aliphatic rings. The molecule has 0 amide bonds. The van der Waals surface area contributed by atoms with Crippen LogP contribution in [0.25, 0.3) is 0 Å². The summed E-state index contributed by atoms with van der Waals surface area (Å²) < 4.78 is 0. The minimum Gasteiger partial charge on any atom is -0.399 e. The second kappa shape index (κ2) is 9.80. The second-order valence-corrected chi connectivity index (χ2v) is 8.83. The Labute approximate surface area is 202 Å². The van der Waals surface area contributed by atoms with Gasteiger partial charge in [-0.2, -0.15) is 0 Å². The first kappa shape index (κ1) is 21.7. The van der Waals surface area contributed by atoms with Crippen LogP contribution in [0, 0.1) is 6.92 Å². The maximum Gasteiger partial charge on any atom is 0.0343 e. The Morgan fingerprint density at radius 1 is 0.441 bits per heavy atom. The maximum atomic E-state index is 6.62. The number of rotatable bonds is 6. The van der Waals surface area contributed by atoms with Gasteiger partial charge in [0.15, 0.2) is 0 Å². The molecular formula is C33H29N. The predicted octanol–water partition coefficient (Wildman–Crippen LogP) is 7.94. The molecule has 0 saturated carbocycles. The average molecular weight is 440 g/mol. The molecule has 5 aromatic rings. The lowest BCUT2D eigenvalue weighted by Crippen LogP contribution is -2.12. The van der Waals surface area contributed by atoms with Gasteiger partial charge in [0.05, 0.1) is 0 Å². The molecule has 5 aromatic carbocycles. The van der Waals surface area contributed by atoms with E-state index in [9.17, 15) is 0 Å².